The summed E-state index contributed by atoms with van der Waals surface area (Å²) >= 11 is 5.57. The standard InChI is InChI=1S/C17H28BrNOS/c1-4-11-19-16(15-14(18)8-12-21-15)17(20-5-2)9-6-13(3)7-10-17/h8,12-13,16,19H,4-7,9-11H2,1-3H3. The van der Waals surface area contributed by atoms with Crippen molar-refractivity contribution >= 4 is 27.3 Å². The SMILES string of the molecule is CCCNC(c1sccc1Br)C1(OCC)CCC(C)CC1. The third-order valence-electron chi connectivity index (χ3n) is 4.58. The van der Waals surface area contributed by atoms with Crippen LogP contribution in [0.25, 0.3) is 0 Å². The lowest BCUT2D eigenvalue weighted by molar-refractivity contribution is -0.0969. The molecule has 1 atom stereocenters. The first kappa shape index (κ1) is 17.5. The van der Waals surface area contributed by atoms with Gasteiger partial charge in [0.1, 0.15) is 0 Å². The second-order valence-corrected chi connectivity index (χ2v) is 8.00. The highest BCUT2D eigenvalue weighted by molar-refractivity contribution is 9.10. The molecule has 21 heavy (non-hydrogen) atoms. The fourth-order valence-corrected chi connectivity index (χ4v) is 5.15. The average Bonchev–Trinajstić information content (AvgIpc) is 2.89. The molecule has 1 saturated carbocycles. The normalized spacial score (nSPS) is 27.7. The molecule has 0 radical (unpaired) electrons. The van der Waals surface area contributed by atoms with E-state index in [1.807, 2.05) is 11.3 Å². The van der Waals surface area contributed by atoms with Crippen molar-refractivity contribution in [3.63, 3.8) is 0 Å². The van der Waals surface area contributed by atoms with Gasteiger partial charge in [0.2, 0.25) is 0 Å². The highest BCUT2D eigenvalue weighted by atomic mass is 79.9. The summed E-state index contributed by atoms with van der Waals surface area (Å²) < 4.78 is 7.60. The smallest absolute Gasteiger partial charge is 0.0884 e. The molecule has 1 aliphatic carbocycles. The third kappa shape index (κ3) is 4.10. The highest BCUT2D eigenvalue weighted by Gasteiger charge is 2.43. The Morgan fingerprint density at radius 3 is 2.67 bits per heavy atom. The van der Waals surface area contributed by atoms with Gasteiger partial charge in [-0.05, 0) is 78.9 Å². The molecule has 1 fully saturated rings. The van der Waals surface area contributed by atoms with E-state index in [4.69, 9.17) is 4.74 Å². The van der Waals surface area contributed by atoms with Gasteiger partial charge < -0.3 is 10.1 Å². The van der Waals surface area contributed by atoms with Gasteiger partial charge in [-0.2, -0.15) is 0 Å². The van der Waals surface area contributed by atoms with Crippen molar-refractivity contribution in [3.05, 3.63) is 20.8 Å². The number of rotatable bonds is 7. The van der Waals surface area contributed by atoms with Crippen molar-refractivity contribution in [2.75, 3.05) is 13.2 Å². The van der Waals surface area contributed by atoms with Crippen molar-refractivity contribution in [1.29, 1.82) is 0 Å². The predicted molar refractivity (Wildman–Crippen MR) is 95.0 cm³/mol. The van der Waals surface area contributed by atoms with Gasteiger partial charge in [-0.1, -0.05) is 13.8 Å². The summed E-state index contributed by atoms with van der Waals surface area (Å²) in [4.78, 5) is 1.39. The van der Waals surface area contributed by atoms with Crippen LogP contribution >= 0.6 is 27.3 Å². The van der Waals surface area contributed by atoms with Crippen molar-refractivity contribution in [2.45, 2.75) is 64.5 Å². The Balaban J connectivity index is 2.29. The lowest BCUT2D eigenvalue weighted by atomic mass is 9.74. The van der Waals surface area contributed by atoms with Gasteiger partial charge in [0, 0.05) is 16.0 Å². The molecule has 1 heterocycles. The molecule has 1 unspecified atom stereocenters. The molecule has 120 valence electrons. The topological polar surface area (TPSA) is 21.3 Å². The Bertz CT molecular complexity index is 426. The van der Waals surface area contributed by atoms with E-state index in [1.54, 1.807) is 0 Å². The molecule has 1 N–H and O–H groups in total. The molecule has 4 heteroatoms. The van der Waals surface area contributed by atoms with Crippen molar-refractivity contribution in [2.24, 2.45) is 5.92 Å². The van der Waals surface area contributed by atoms with Gasteiger partial charge in [0.25, 0.3) is 0 Å². The minimum atomic E-state index is -0.0379. The van der Waals surface area contributed by atoms with E-state index in [0.717, 1.165) is 38.3 Å². The highest BCUT2D eigenvalue weighted by Crippen LogP contribution is 2.46. The summed E-state index contributed by atoms with van der Waals surface area (Å²) in [5, 5.41) is 5.95. The Kier molecular flexibility index (Phi) is 6.73. The molecular weight excluding hydrogens is 346 g/mol. The molecule has 0 aliphatic heterocycles. The average molecular weight is 374 g/mol. The Hall–Kier alpha value is 0.1000. The Labute approximate surface area is 141 Å². The lowest BCUT2D eigenvalue weighted by Gasteiger charge is -2.45. The second kappa shape index (κ2) is 8.09. The van der Waals surface area contributed by atoms with Crippen molar-refractivity contribution in [3.8, 4) is 0 Å². The number of hydrogen-bond donors (Lipinski definition) is 1. The van der Waals surface area contributed by atoms with Crippen LogP contribution in [-0.4, -0.2) is 18.8 Å². The number of nitrogens with one attached hydrogen (secondary N) is 1. The number of hydrogen-bond acceptors (Lipinski definition) is 3. The summed E-state index contributed by atoms with van der Waals surface area (Å²) in [6, 6.07) is 2.46. The number of thiophene rings is 1. The molecule has 1 aliphatic rings. The molecular formula is C17H28BrNOS. The zero-order valence-corrected chi connectivity index (χ0v) is 15.9. The van der Waals surface area contributed by atoms with E-state index < -0.39 is 0 Å². The van der Waals surface area contributed by atoms with E-state index in [0.29, 0.717) is 6.04 Å². The molecule has 0 aromatic carbocycles. The van der Waals surface area contributed by atoms with E-state index in [1.165, 1.54) is 22.2 Å². The minimum Gasteiger partial charge on any atom is -0.373 e. The maximum atomic E-state index is 6.38. The Morgan fingerprint density at radius 2 is 2.14 bits per heavy atom. The molecule has 0 bridgehead atoms. The zero-order valence-electron chi connectivity index (χ0n) is 13.5. The van der Waals surface area contributed by atoms with Gasteiger partial charge in [-0.3, -0.25) is 0 Å². The molecule has 1 aromatic heterocycles. The van der Waals surface area contributed by atoms with Crippen LogP contribution in [0.3, 0.4) is 0 Å². The molecule has 2 rings (SSSR count). The molecule has 0 amide bonds. The predicted octanol–water partition coefficient (Wildman–Crippen LogP) is 5.54. The van der Waals surface area contributed by atoms with Gasteiger partial charge in [-0.15, -0.1) is 11.3 Å². The van der Waals surface area contributed by atoms with Crippen LogP contribution < -0.4 is 5.32 Å². The van der Waals surface area contributed by atoms with Crippen LogP contribution in [0.15, 0.2) is 15.9 Å². The van der Waals surface area contributed by atoms with Crippen LogP contribution in [0, 0.1) is 5.92 Å². The van der Waals surface area contributed by atoms with Crippen molar-refractivity contribution < 1.29 is 4.74 Å². The third-order valence-corrected chi connectivity index (χ3v) is 6.52. The van der Waals surface area contributed by atoms with Gasteiger partial charge in [0.15, 0.2) is 0 Å². The summed E-state index contributed by atoms with van der Waals surface area (Å²) in [5.74, 6) is 0.831. The van der Waals surface area contributed by atoms with Crippen LogP contribution in [0.2, 0.25) is 0 Å². The van der Waals surface area contributed by atoms with E-state index in [9.17, 15) is 0 Å². The minimum absolute atomic E-state index is 0.0379. The molecule has 2 nitrogen and oxygen atoms in total. The quantitative estimate of drug-likeness (QED) is 0.677. The van der Waals surface area contributed by atoms with Crippen LogP contribution in [0.5, 0.6) is 0 Å². The van der Waals surface area contributed by atoms with Gasteiger partial charge in [0.05, 0.1) is 11.6 Å². The molecule has 0 spiro atoms. The first-order valence-corrected chi connectivity index (χ1v) is 9.90. The van der Waals surface area contributed by atoms with E-state index >= 15 is 0 Å². The summed E-state index contributed by atoms with van der Waals surface area (Å²) in [7, 11) is 0. The van der Waals surface area contributed by atoms with Gasteiger partial charge in [-0.25, -0.2) is 0 Å². The molecule has 1 aromatic rings. The Morgan fingerprint density at radius 1 is 1.43 bits per heavy atom. The lowest BCUT2D eigenvalue weighted by Crippen LogP contribution is -2.48. The fraction of sp³-hybridized carbons (Fsp3) is 0.765. The van der Waals surface area contributed by atoms with Crippen LogP contribution in [0.1, 0.15) is 63.8 Å². The maximum Gasteiger partial charge on any atom is 0.0884 e. The first-order chi connectivity index (χ1) is 10.1. The number of ether oxygens (including phenoxy) is 1. The largest absolute Gasteiger partial charge is 0.373 e. The van der Waals surface area contributed by atoms with E-state index in [2.05, 4.69) is 53.5 Å². The fourth-order valence-electron chi connectivity index (χ4n) is 3.37. The second-order valence-electron chi connectivity index (χ2n) is 6.20. The zero-order chi connectivity index (χ0) is 15.3. The van der Waals surface area contributed by atoms with Crippen LogP contribution in [0.4, 0.5) is 0 Å². The maximum absolute atomic E-state index is 6.38. The monoisotopic (exact) mass is 373 g/mol. The molecule has 0 saturated heterocycles. The summed E-state index contributed by atoms with van der Waals surface area (Å²) in [6.07, 6.45) is 6.01. The van der Waals surface area contributed by atoms with Crippen molar-refractivity contribution in [1.82, 2.24) is 5.32 Å². The van der Waals surface area contributed by atoms with Gasteiger partial charge >= 0.3 is 0 Å². The van der Waals surface area contributed by atoms with E-state index in [-0.39, 0.29) is 5.60 Å². The summed E-state index contributed by atoms with van der Waals surface area (Å²) in [6.45, 7) is 8.55. The summed E-state index contributed by atoms with van der Waals surface area (Å²) in [5.41, 5.74) is -0.0379. The first-order valence-electron chi connectivity index (χ1n) is 8.23. The van der Waals surface area contributed by atoms with Crippen LogP contribution in [-0.2, 0) is 4.74 Å². The number of halogens is 1.